The fourth-order valence-electron chi connectivity index (χ4n) is 2.64. The highest BCUT2D eigenvalue weighted by Crippen LogP contribution is 2.19. The Balaban J connectivity index is 1.69. The smallest absolute Gasteiger partial charge is 0.226 e. The molecule has 3 rings (SSSR count). The van der Waals surface area contributed by atoms with E-state index in [0.717, 1.165) is 24.6 Å². The van der Waals surface area contributed by atoms with Crippen LogP contribution in [0, 0.1) is 0 Å². The van der Waals surface area contributed by atoms with E-state index in [1.807, 2.05) is 24.3 Å². The molecule has 0 saturated heterocycles. The van der Waals surface area contributed by atoms with Crippen molar-refractivity contribution in [2.75, 3.05) is 0 Å². The van der Waals surface area contributed by atoms with Crippen LogP contribution in [0.1, 0.15) is 25.0 Å². The zero-order chi connectivity index (χ0) is 13.2. The lowest BCUT2D eigenvalue weighted by Gasteiger charge is -2.16. The molecule has 1 saturated carbocycles. The molecule has 1 aliphatic rings. The summed E-state index contributed by atoms with van der Waals surface area (Å²) < 4.78 is 5.19. The van der Waals surface area contributed by atoms with E-state index in [2.05, 4.69) is 10.5 Å². The molecule has 1 amide bonds. The molecule has 1 heterocycles. The standard InChI is InChI=1S/C14H17N3O2/c15-10-5-3-6-11(10)16-14(18)8-12-9-4-1-2-7-13(9)19-17-12/h1-2,4,7,10-11H,3,5-6,8,15H2,(H,16,18). The maximum atomic E-state index is 12.0. The van der Waals surface area contributed by atoms with Crippen LogP contribution in [0.2, 0.25) is 0 Å². The van der Waals surface area contributed by atoms with Crippen molar-refractivity contribution in [1.82, 2.24) is 10.5 Å². The molecule has 100 valence electrons. The first-order valence-corrected chi connectivity index (χ1v) is 6.62. The van der Waals surface area contributed by atoms with Crippen LogP contribution in [0.4, 0.5) is 0 Å². The van der Waals surface area contributed by atoms with E-state index < -0.39 is 0 Å². The Bertz CT molecular complexity index is 593. The highest BCUT2D eigenvalue weighted by atomic mass is 16.5. The summed E-state index contributed by atoms with van der Waals surface area (Å²) >= 11 is 0. The molecule has 5 heteroatoms. The van der Waals surface area contributed by atoms with Gasteiger partial charge in [-0.2, -0.15) is 0 Å². The monoisotopic (exact) mass is 259 g/mol. The topological polar surface area (TPSA) is 81.1 Å². The van der Waals surface area contributed by atoms with Gasteiger partial charge in [0.2, 0.25) is 5.91 Å². The first-order chi connectivity index (χ1) is 9.24. The molecule has 0 radical (unpaired) electrons. The van der Waals surface area contributed by atoms with Crippen LogP contribution in [0.25, 0.3) is 11.0 Å². The number of carbonyl (C=O) groups is 1. The summed E-state index contributed by atoms with van der Waals surface area (Å²) in [6, 6.07) is 7.73. The van der Waals surface area contributed by atoms with E-state index in [9.17, 15) is 4.79 Å². The third-order valence-corrected chi connectivity index (χ3v) is 3.70. The van der Waals surface area contributed by atoms with Crippen molar-refractivity contribution in [3.05, 3.63) is 30.0 Å². The minimum Gasteiger partial charge on any atom is -0.356 e. The van der Waals surface area contributed by atoms with E-state index >= 15 is 0 Å². The van der Waals surface area contributed by atoms with E-state index in [1.165, 1.54) is 0 Å². The first kappa shape index (κ1) is 12.2. The van der Waals surface area contributed by atoms with Crippen molar-refractivity contribution >= 4 is 16.9 Å². The lowest BCUT2D eigenvalue weighted by atomic mass is 10.1. The quantitative estimate of drug-likeness (QED) is 0.872. The van der Waals surface area contributed by atoms with Crippen molar-refractivity contribution in [3.63, 3.8) is 0 Å². The van der Waals surface area contributed by atoms with Crippen molar-refractivity contribution < 1.29 is 9.32 Å². The number of rotatable bonds is 3. The number of nitrogens with one attached hydrogen (secondary N) is 1. The first-order valence-electron chi connectivity index (χ1n) is 6.62. The van der Waals surface area contributed by atoms with Crippen LogP contribution in [-0.4, -0.2) is 23.1 Å². The van der Waals surface area contributed by atoms with Crippen LogP contribution in [0.15, 0.2) is 28.8 Å². The fourth-order valence-corrected chi connectivity index (χ4v) is 2.64. The van der Waals surface area contributed by atoms with Gasteiger partial charge >= 0.3 is 0 Å². The second-order valence-electron chi connectivity index (χ2n) is 5.07. The van der Waals surface area contributed by atoms with E-state index in [1.54, 1.807) is 0 Å². The van der Waals surface area contributed by atoms with Gasteiger partial charge in [-0.05, 0) is 31.4 Å². The van der Waals surface area contributed by atoms with E-state index in [4.69, 9.17) is 10.3 Å². The molecule has 2 aromatic rings. The summed E-state index contributed by atoms with van der Waals surface area (Å²) in [5, 5.41) is 7.84. The van der Waals surface area contributed by atoms with Crippen LogP contribution in [0.3, 0.4) is 0 Å². The molecule has 1 aromatic heterocycles. The van der Waals surface area contributed by atoms with Gasteiger partial charge in [0.1, 0.15) is 5.69 Å². The average molecular weight is 259 g/mol. The number of nitrogens with two attached hydrogens (primary N) is 1. The molecular formula is C14H17N3O2. The number of benzene rings is 1. The lowest BCUT2D eigenvalue weighted by molar-refractivity contribution is -0.121. The summed E-state index contributed by atoms with van der Waals surface area (Å²) in [5.74, 6) is -0.0404. The maximum Gasteiger partial charge on any atom is 0.226 e. The number of fused-ring (bicyclic) bond motifs is 1. The molecule has 1 aliphatic carbocycles. The molecule has 0 spiro atoms. The number of carbonyl (C=O) groups excluding carboxylic acids is 1. The van der Waals surface area contributed by atoms with Crippen LogP contribution in [0.5, 0.6) is 0 Å². The predicted octanol–water partition coefficient (Wildman–Crippen LogP) is 1.37. The molecule has 19 heavy (non-hydrogen) atoms. The highest BCUT2D eigenvalue weighted by molar-refractivity contribution is 5.86. The Labute approximate surface area is 111 Å². The largest absolute Gasteiger partial charge is 0.356 e. The van der Waals surface area contributed by atoms with Gasteiger partial charge in [0.15, 0.2) is 5.58 Å². The number of nitrogens with zero attached hydrogens (tertiary/aromatic N) is 1. The minimum absolute atomic E-state index is 0.0404. The Morgan fingerprint density at radius 2 is 2.26 bits per heavy atom. The summed E-state index contributed by atoms with van der Waals surface area (Å²) in [6.45, 7) is 0. The van der Waals surface area contributed by atoms with Crippen molar-refractivity contribution in [3.8, 4) is 0 Å². The third kappa shape index (κ3) is 2.46. The maximum absolute atomic E-state index is 12.0. The summed E-state index contributed by atoms with van der Waals surface area (Å²) in [6.07, 6.45) is 3.27. The van der Waals surface area contributed by atoms with Gasteiger partial charge in [-0.3, -0.25) is 4.79 Å². The number of aromatic nitrogens is 1. The second kappa shape index (κ2) is 5.01. The zero-order valence-corrected chi connectivity index (χ0v) is 10.6. The van der Waals surface area contributed by atoms with Gasteiger partial charge in [-0.25, -0.2) is 0 Å². The molecule has 1 fully saturated rings. The van der Waals surface area contributed by atoms with Gasteiger partial charge in [0, 0.05) is 17.5 Å². The molecule has 2 atom stereocenters. The summed E-state index contributed by atoms with van der Waals surface area (Å²) in [7, 11) is 0. The van der Waals surface area contributed by atoms with Gasteiger partial charge in [-0.1, -0.05) is 17.3 Å². The number of hydrogen-bond donors (Lipinski definition) is 2. The fraction of sp³-hybridized carbons (Fsp3) is 0.429. The zero-order valence-electron chi connectivity index (χ0n) is 10.6. The van der Waals surface area contributed by atoms with Crippen LogP contribution >= 0.6 is 0 Å². The number of hydrogen-bond acceptors (Lipinski definition) is 4. The normalized spacial score (nSPS) is 22.8. The van der Waals surface area contributed by atoms with Gasteiger partial charge < -0.3 is 15.6 Å². The highest BCUT2D eigenvalue weighted by Gasteiger charge is 2.25. The van der Waals surface area contributed by atoms with E-state index in [0.29, 0.717) is 11.3 Å². The van der Waals surface area contributed by atoms with Crippen molar-refractivity contribution in [2.24, 2.45) is 5.73 Å². The lowest BCUT2D eigenvalue weighted by Crippen LogP contribution is -2.44. The summed E-state index contributed by atoms with van der Waals surface area (Å²) in [4.78, 5) is 12.0. The second-order valence-corrected chi connectivity index (χ2v) is 5.07. The number of para-hydroxylation sites is 1. The molecule has 2 unspecified atom stereocenters. The van der Waals surface area contributed by atoms with Gasteiger partial charge in [0.05, 0.1) is 6.42 Å². The minimum atomic E-state index is -0.0404. The SMILES string of the molecule is NC1CCCC1NC(=O)Cc1noc2ccccc12. The molecular weight excluding hydrogens is 242 g/mol. The molecule has 3 N–H and O–H groups in total. The van der Waals surface area contributed by atoms with Gasteiger partial charge in [0.25, 0.3) is 0 Å². The molecule has 0 bridgehead atoms. The van der Waals surface area contributed by atoms with Crippen molar-refractivity contribution in [2.45, 2.75) is 37.8 Å². The Kier molecular flexibility index (Phi) is 3.21. The van der Waals surface area contributed by atoms with E-state index in [-0.39, 0.29) is 24.4 Å². The Hall–Kier alpha value is -1.88. The third-order valence-electron chi connectivity index (χ3n) is 3.70. The summed E-state index contributed by atoms with van der Waals surface area (Å²) in [5.41, 5.74) is 7.33. The predicted molar refractivity (Wildman–Crippen MR) is 71.5 cm³/mol. The molecule has 5 nitrogen and oxygen atoms in total. The Morgan fingerprint density at radius 1 is 1.42 bits per heavy atom. The Morgan fingerprint density at radius 3 is 3.05 bits per heavy atom. The van der Waals surface area contributed by atoms with Crippen LogP contribution < -0.4 is 11.1 Å². The number of amides is 1. The average Bonchev–Trinajstić information content (AvgIpc) is 2.98. The molecule has 0 aliphatic heterocycles. The van der Waals surface area contributed by atoms with Gasteiger partial charge in [-0.15, -0.1) is 0 Å². The van der Waals surface area contributed by atoms with Crippen LogP contribution in [-0.2, 0) is 11.2 Å². The molecule has 1 aromatic carbocycles. The van der Waals surface area contributed by atoms with Crippen molar-refractivity contribution in [1.29, 1.82) is 0 Å².